The van der Waals surface area contributed by atoms with Crippen LogP contribution < -0.4 is 4.90 Å². The molecule has 1 N–H and O–H groups in total. The first-order valence-electron chi connectivity index (χ1n) is 8.34. The van der Waals surface area contributed by atoms with Crippen LogP contribution in [0.1, 0.15) is 48.2 Å². The van der Waals surface area contributed by atoms with Crippen molar-refractivity contribution in [1.29, 1.82) is 0 Å². The number of aryl methyl sites for hydroxylation is 4. The number of anilines is 2. The van der Waals surface area contributed by atoms with Gasteiger partial charge < -0.3 is 10.0 Å². The molecule has 1 aliphatic rings. The Balaban J connectivity index is 2.18. The van der Waals surface area contributed by atoms with Crippen LogP contribution in [0.2, 0.25) is 0 Å². The molecule has 3 rings (SSSR count). The summed E-state index contributed by atoms with van der Waals surface area (Å²) in [6.07, 6.45) is 2.05. The Kier molecular flexibility index (Phi) is 3.75. The van der Waals surface area contributed by atoms with Gasteiger partial charge in [-0.3, -0.25) is 4.68 Å². The van der Waals surface area contributed by atoms with Crippen molar-refractivity contribution in [2.45, 2.75) is 53.1 Å². The normalized spacial score (nSPS) is 15.0. The average Bonchev–Trinajstić information content (AvgIpc) is 2.74. The first-order chi connectivity index (χ1) is 10.7. The van der Waals surface area contributed by atoms with E-state index in [1.54, 1.807) is 0 Å². The molecule has 0 unspecified atom stereocenters. The standard InChI is InChI=1S/C19H27N3O/c1-12-10-13(2)16(14(3)11-12)22-9-7-8-15-17(19(4,5)23)21(6)20-18(15)22/h10-11,23H,7-9H2,1-6H3. The summed E-state index contributed by atoms with van der Waals surface area (Å²) in [5.74, 6) is 1.01. The van der Waals surface area contributed by atoms with Gasteiger partial charge in [-0.05, 0) is 58.6 Å². The molecule has 0 aliphatic carbocycles. The highest BCUT2D eigenvalue weighted by atomic mass is 16.3. The molecular formula is C19H27N3O. The molecule has 23 heavy (non-hydrogen) atoms. The van der Waals surface area contributed by atoms with Gasteiger partial charge in [0, 0.05) is 24.8 Å². The van der Waals surface area contributed by atoms with Crippen LogP contribution in [0, 0.1) is 20.8 Å². The lowest BCUT2D eigenvalue weighted by Gasteiger charge is -2.31. The number of aliphatic hydroxyl groups is 1. The highest BCUT2D eigenvalue weighted by Crippen LogP contribution is 2.40. The Morgan fingerprint density at radius 2 is 1.74 bits per heavy atom. The Hall–Kier alpha value is -1.81. The average molecular weight is 313 g/mol. The molecule has 4 heteroatoms. The molecule has 0 atom stereocenters. The Labute approximate surface area is 138 Å². The second-order valence-electron chi connectivity index (χ2n) is 7.34. The summed E-state index contributed by atoms with van der Waals surface area (Å²) in [5.41, 5.74) is 6.35. The molecule has 2 heterocycles. The van der Waals surface area contributed by atoms with Crippen molar-refractivity contribution in [3.05, 3.63) is 40.1 Å². The molecule has 0 spiro atoms. The van der Waals surface area contributed by atoms with Crippen LogP contribution in [-0.2, 0) is 19.1 Å². The molecule has 0 saturated carbocycles. The van der Waals surface area contributed by atoms with Crippen molar-refractivity contribution in [2.75, 3.05) is 11.4 Å². The fourth-order valence-corrected chi connectivity index (χ4v) is 4.10. The summed E-state index contributed by atoms with van der Waals surface area (Å²) in [7, 11) is 1.93. The van der Waals surface area contributed by atoms with Gasteiger partial charge in [0.2, 0.25) is 0 Å². The van der Waals surface area contributed by atoms with Crippen molar-refractivity contribution < 1.29 is 5.11 Å². The molecule has 1 aliphatic heterocycles. The van der Waals surface area contributed by atoms with Crippen LogP contribution in [0.25, 0.3) is 0 Å². The molecular weight excluding hydrogens is 286 g/mol. The van der Waals surface area contributed by atoms with Gasteiger partial charge in [-0.2, -0.15) is 5.10 Å². The van der Waals surface area contributed by atoms with E-state index < -0.39 is 5.60 Å². The maximum absolute atomic E-state index is 10.5. The quantitative estimate of drug-likeness (QED) is 0.920. The van der Waals surface area contributed by atoms with E-state index in [1.807, 2.05) is 25.6 Å². The highest BCUT2D eigenvalue weighted by molar-refractivity contribution is 5.71. The zero-order chi connectivity index (χ0) is 16.9. The minimum absolute atomic E-state index is 0.879. The minimum atomic E-state index is -0.879. The van der Waals surface area contributed by atoms with Gasteiger partial charge >= 0.3 is 0 Å². The number of nitrogens with zero attached hydrogens (tertiary/aromatic N) is 3. The van der Waals surface area contributed by atoms with Crippen molar-refractivity contribution in [3.8, 4) is 0 Å². The third kappa shape index (κ3) is 2.65. The SMILES string of the molecule is Cc1cc(C)c(N2CCCc3c2nn(C)c3C(C)(C)O)c(C)c1. The molecule has 0 saturated heterocycles. The third-order valence-electron chi connectivity index (χ3n) is 4.67. The number of hydrogen-bond donors (Lipinski definition) is 1. The number of benzene rings is 1. The number of fused-ring (bicyclic) bond motifs is 1. The lowest BCUT2D eigenvalue weighted by molar-refractivity contribution is 0.0685. The third-order valence-corrected chi connectivity index (χ3v) is 4.67. The maximum Gasteiger partial charge on any atom is 0.158 e. The van der Waals surface area contributed by atoms with E-state index >= 15 is 0 Å². The molecule has 2 aromatic rings. The second-order valence-corrected chi connectivity index (χ2v) is 7.34. The first-order valence-corrected chi connectivity index (χ1v) is 8.34. The Bertz CT molecular complexity index is 730. The van der Waals surface area contributed by atoms with Gasteiger partial charge in [0.05, 0.1) is 5.69 Å². The van der Waals surface area contributed by atoms with Crippen LogP contribution in [0.3, 0.4) is 0 Å². The van der Waals surface area contributed by atoms with E-state index in [0.717, 1.165) is 30.9 Å². The molecule has 0 radical (unpaired) electrons. The lowest BCUT2D eigenvalue weighted by atomic mass is 9.94. The zero-order valence-electron chi connectivity index (χ0n) is 15.1. The van der Waals surface area contributed by atoms with E-state index in [4.69, 9.17) is 5.10 Å². The number of hydrogen-bond acceptors (Lipinski definition) is 3. The van der Waals surface area contributed by atoms with Gasteiger partial charge in [0.15, 0.2) is 5.82 Å². The molecule has 0 fully saturated rings. The minimum Gasteiger partial charge on any atom is -0.384 e. The maximum atomic E-state index is 10.5. The number of rotatable bonds is 2. The fraction of sp³-hybridized carbons (Fsp3) is 0.526. The van der Waals surface area contributed by atoms with E-state index in [-0.39, 0.29) is 0 Å². The lowest BCUT2D eigenvalue weighted by Crippen LogP contribution is -2.27. The summed E-state index contributed by atoms with van der Waals surface area (Å²) in [6.45, 7) is 11.1. The van der Waals surface area contributed by atoms with Crippen molar-refractivity contribution in [3.63, 3.8) is 0 Å². The Morgan fingerprint density at radius 1 is 1.13 bits per heavy atom. The summed E-state index contributed by atoms with van der Waals surface area (Å²) in [4.78, 5) is 2.33. The van der Waals surface area contributed by atoms with Gasteiger partial charge in [-0.1, -0.05) is 17.7 Å². The second kappa shape index (κ2) is 5.38. The molecule has 4 nitrogen and oxygen atoms in total. The highest BCUT2D eigenvalue weighted by Gasteiger charge is 2.33. The van der Waals surface area contributed by atoms with Gasteiger partial charge in [-0.25, -0.2) is 0 Å². The first kappa shape index (κ1) is 16.1. The van der Waals surface area contributed by atoms with Crippen LogP contribution in [-0.4, -0.2) is 21.4 Å². The molecule has 124 valence electrons. The van der Waals surface area contributed by atoms with Crippen LogP contribution in [0.5, 0.6) is 0 Å². The van der Waals surface area contributed by atoms with Crippen molar-refractivity contribution in [2.24, 2.45) is 7.05 Å². The molecule has 1 aromatic heterocycles. The summed E-state index contributed by atoms with van der Waals surface area (Å²) in [6, 6.07) is 4.47. The monoisotopic (exact) mass is 313 g/mol. The Morgan fingerprint density at radius 3 is 2.30 bits per heavy atom. The molecule has 1 aromatic carbocycles. The number of aromatic nitrogens is 2. The van der Waals surface area contributed by atoms with Crippen LogP contribution in [0.4, 0.5) is 11.5 Å². The van der Waals surface area contributed by atoms with Gasteiger partial charge in [-0.15, -0.1) is 0 Å². The fourth-order valence-electron chi connectivity index (χ4n) is 4.10. The predicted molar refractivity (Wildman–Crippen MR) is 94.4 cm³/mol. The van der Waals surface area contributed by atoms with Crippen LogP contribution >= 0.6 is 0 Å². The van der Waals surface area contributed by atoms with E-state index in [9.17, 15) is 5.11 Å². The van der Waals surface area contributed by atoms with Gasteiger partial charge in [0.25, 0.3) is 0 Å². The summed E-state index contributed by atoms with van der Waals surface area (Å²) in [5, 5.41) is 15.3. The molecule has 0 bridgehead atoms. The van der Waals surface area contributed by atoms with Crippen molar-refractivity contribution in [1.82, 2.24) is 9.78 Å². The van der Waals surface area contributed by atoms with Crippen LogP contribution in [0.15, 0.2) is 12.1 Å². The summed E-state index contributed by atoms with van der Waals surface area (Å²) >= 11 is 0. The predicted octanol–water partition coefficient (Wildman–Crippen LogP) is 3.66. The van der Waals surface area contributed by atoms with E-state index in [0.29, 0.717) is 0 Å². The summed E-state index contributed by atoms with van der Waals surface area (Å²) < 4.78 is 1.85. The largest absolute Gasteiger partial charge is 0.384 e. The van der Waals surface area contributed by atoms with Crippen molar-refractivity contribution >= 4 is 11.5 Å². The van der Waals surface area contributed by atoms with E-state index in [1.165, 1.54) is 27.9 Å². The topological polar surface area (TPSA) is 41.3 Å². The van der Waals surface area contributed by atoms with E-state index in [2.05, 4.69) is 37.8 Å². The smallest absolute Gasteiger partial charge is 0.158 e. The zero-order valence-corrected chi connectivity index (χ0v) is 15.1. The molecule has 0 amide bonds. The van der Waals surface area contributed by atoms with Gasteiger partial charge in [0.1, 0.15) is 5.60 Å².